The monoisotopic (exact) mass is 208 g/mol. The van der Waals surface area contributed by atoms with Crippen molar-refractivity contribution in [3.63, 3.8) is 0 Å². The minimum Gasteiger partial charge on any atom is -0.310 e. The topological polar surface area (TPSA) is 17.8 Å². The largest absolute Gasteiger partial charge is 0.310 e. The molecule has 0 saturated heterocycles. The summed E-state index contributed by atoms with van der Waals surface area (Å²) in [6.45, 7) is 0. The number of benzene rings is 1. The van der Waals surface area contributed by atoms with Crippen LogP contribution in [0.2, 0.25) is 0 Å². The van der Waals surface area contributed by atoms with Gasteiger partial charge in [-0.2, -0.15) is 4.37 Å². The second-order valence-electron chi connectivity index (χ2n) is 2.70. The maximum atomic E-state index is 5.09. The SMILES string of the molecule is Cn1c(-c2ccccc2)nsc1=S. The summed E-state index contributed by atoms with van der Waals surface area (Å²) < 4.78 is 7.02. The minimum atomic E-state index is 0.804. The second kappa shape index (κ2) is 3.40. The van der Waals surface area contributed by atoms with Crippen molar-refractivity contribution in [2.45, 2.75) is 0 Å². The summed E-state index contributed by atoms with van der Waals surface area (Å²) in [7, 11) is 1.94. The van der Waals surface area contributed by atoms with E-state index in [-0.39, 0.29) is 0 Å². The molecule has 0 atom stereocenters. The molecule has 0 unspecified atom stereocenters. The van der Waals surface area contributed by atoms with E-state index in [4.69, 9.17) is 12.2 Å². The first kappa shape index (κ1) is 8.59. The molecule has 0 aliphatic carbocycles. The molecular formula is C9H8N2S2. The zero-order chi connectivity index (χ0) is 9.26. The third kappa shape index (κ3) is 1.55. The molecule has 0 radical (unpaired) electrons. The number of rotatable bonds is 1. The third-order valence-corrected chi connectivity index (χ3v) is 3.03. The molecule has 0 aliphatic rings. The van der Waals surface area contributed by atoms with E-state index in [1.807, 2.05) is 41.9 Å². The van der Waals surface area contributed by atoms with Gasteiger partial charge in [0.15, 0.2) is 9.78 Å². The highest BCUT2D eigenvalue weighted by Gasteiger charge is 2.03. The molecule has 0 amide bonds. The minimum absolute atomic E-state index is 0.804. The summed E-state index contributed by atoms with van der Waals surface area (Å²) in [4.78, 5) is 0. The summed E-state index contributed by atoms with van der Waals surface area (Å²) in [5, 5.41) is 0. The van der Waals surface area contributed by atoms with Gasteiger partial charge in [-0.05, 0) is 23.8 Å². The van der Waals surface area contributed by atoms with Crippen LogP contribution in [-0.4, -0.2) is 8.94 Å². The molecule has 2 aromatic rings. The quantitative estimate of drug-likeness (QED) is 0.671. The Morgan fingerprint density at radius 3 is 2.54 bits per heavy atom. The van der Waals surface area contributed by atoms with Gasteiger partial charge in [0.1, 0.15) is 0 Å². The van der Waals surface area contributed by atoms with E-state index in [2.05, 4.69) is 4.37 Å². The van der Waals surface area contributed by atoms with E-state index in [0.29, 0.717) is 0 Å². The molecule has 0 N–H and O–H groups in total. The van der Waals surface area contributed by atoms with Crippen molar-refractivity contribution in [2.24, 2.45) is 7.05 Å². The summed E-state index contributed by atoms with van der Waals surface area (Å²) >= 11 is 6.45. The number of aromatic nitrogens is 2. The first-order valence-electron chi connectivity index (χ1n) is 3.87. The van der Waals surface area contributed by atoms with E-state index in [9.17, 15) is 0 Å². The lowest BCUT2D eigenvalue weighted by atomic mass is 10.2. The molecule has 66 valence electrons. The van der Waals surface area contributed by atoms with Gasteiger partial charge in [-0.15, -0.1) is 0 Å². The number of hydrogen-bond donors (Lipinski definition) is 0. The second-order valence-corrected chi connectivity index (χ2v) is 4.09. The van der Waals surface area contributed by atoms with Crippen molar-refractivity contribution in [1.82, 2.24) is 8.94 Å². The van der Waals surface area contributed by atoms with Crippen LogP contribution in [0.4, 0.5) is 0 Å². The van der Waals surface area contributed by atoms with Crippen molar-refractivity contribution >= 4 is 23.8 Å². The van der Waals surface area contributed by atoms with E-state index in [0.717, 1.165) is 15.3 Å². The lowest BCUT2D eigenvalue weighted by Crippen LogP contribution is -1.91. The molecule has 1 heterocycles. The zero-order valence-electron chi connectivity index (χ0n) is 7.10. The van der Waals surface area contributed by atoms with Gasteiger partial charge in [-0.25, -0.2) is 0 Å². The van der Waals surface area contributed by atoms with Crippen LogP contribution in [0.1, 0.15) is 0 Å². The Labute approximate surface area is 85.6 Å². The predicted octanol–water partition coefficient (Wildman–Crippen LogP) is 2.88. The van der Waals surface area contributed by atoms with E-state index in [1.165, 1.54) is 11.5 Å². The molecule has 0 fully saturated rings. The van der Waals surface area contributed by atoms with Crippen LogP contribution in [0.5, 0.6) is 0 Å². The molecule has 0 bridgehead atoms. The van der Waals surface area contributed by atoms with E-state index < -0.39 is 0 Å². The summed E-state index contributed by atoms with van der Waals surface area (Å²) in [5.41, 5.74) is 1.11. The van der Waals surface area contributed by atoms with Crippen LogP contribution in [0.25, 0.3) is 11.4 Å². The van der Waals surface area contributed by atoms with Crippen molar-refractivity contribution in [3.05, 3.63) is 34.3 Å². The Hall–Kier alpha value is -1.00. The third-order valence-electron chi connectivity index (χ3n) is 1.83. The van der Waals surface area contributed by atoms with Crippen LogP contribution in [0.3, 0.4) is 0 Å². The van der Waals surface area contributed by atoms with Crippen LogP contribution in [0.15, 0.2) is 30.3 Å². The van der Waals surface area contributed by atoms with Crippen LogP contribution < -0.4 is 0 Å². The fraction of sp³-hybridized carbons (Fsp3) is 0.111. The Kier molecular flexibility index (Phi) is 2.24. The van der Waals surface area contributed by atoms with Gasteiger partial charge in [0.2, 0.25) is 0 Å². The van der Waals surface area contributed by atoms with E-state index in [1.54, 1.807) is 0 Å². The maximum absolute atomic E-state index is 5.09. The van der Waals surface area contributed by atoms with Gasteiger partial charge < -0.3 is 4.57 Å². The van der Waals surface area contributed by atoms with Crippen molar-refractivity contribution in [3.8, 4) is 11.4 Å². The number of nitrogens with zero attached hydrogens (tertiary/aromatic N) is 2. The summed E-state index contributed by atoms with van der Waals surface area (Å²) in [6, 6.07) is 10.0. The van der Waals surface area contributed by atoms with Gasteiger partial charge in [0.05, 0.1) is 0 Å². The molecule has 1 aromatic carbocycles. The summed E-state index contributed by atoms with van der Waals surface area (Å²) in [6.07, 6.45) is 0. The summed E-state index contributed by atoms with van der Waals surface area (Å²) in [5.74, 6) is 0.940. The molecule has 4 heteroatoms. The van der Waals surface area contributed by atoms with Crippen molar-refractivity contribution < 1.29 is 0 Å². The lowest BCUT2D eigenvalue weighted by Gasteiger charge is -1.98. The maximum Gasteiger partial charge on any atom is 0.180 e. The molecule has 2 nitrogen and oxygen atoms in total. The Balaban J connectivity index is 2.60. The van der Waals surface area contributed by atoms with Gasteiger partial charge in [0.25, 0.3) is 0 Å². The van der Waals surface area contributed by atoms with Gasteiger partial charge in [-0.3, -0.25) is 0 Å². The molecule has 0 aliphatic heterocycles. The van der Waals surface area contributed by atoms with Crippen LogP contribution >= 0.6 is 23.8 Å². The predicted molar refractivity (Wildman–Crippen MR) is 57.4 cm³/mol. The molecule has 0 saturated carbocycles. The Bertz CT molecular complexity index is 456. The Morgan fingerprint density at radius 2 is 2.00 bits per heavy atom. The van der Waals surface area contributed by atoms with Crippen LogP contribution in [0, 0.1) is 3.95 Å². The molecular weight excluding hydrogens is 200 g/mol. The fourth-order valence-corrected chi connectivity index (χ4v) is 1.92. The van der Waals surface area contributed by atoms with E-state index >= 15 is 0 Å². The molecule has 13 heavy (non-hydrogen) atoms. The standard InChI is InChI=1S/C9H8N2S2/c1-11-8(10-13-9(11)12)7-5-3-2-4-6-7/h2-6H,1H3. The fourth-order valence-electron chi connectivity index (χ4n) is 1.12. The molecule has 0 spiro atoms. The van der Waals surface area contributed by atoms with Crippen molar-refractivity contribution in [1.29, 1.82) is 0 Å². The average Bonchev–Trinajstić information content (AvgIpc) is 2.49. The molecule has 1 aromatic heterocycles. The van der Waals surface area contributed by atoms with Gasteiger partial charge in [-0.1, -0.05) is 30.3 Å². The smallest absolute Gasteiger partial charge is 0.180 e. The normalized spacial score (nSPS) is 10.2. The highest BCUT2D eigenvalue weighted by Crippen LogP contribution is 2.18. The lowest BCUT2D eigenvalue weighted by molar-refractivity contribution is 0.913. The first-order chi connectivity index (χ1) is 6.29. The van der Waals surface area contributed by atoms with Gasteiger partial charge in [0, 0.05) is 12.6 Å². The highest BCUT2D eigenvalue weighted by atomic mass is 32.2. The van der Waals surface area contributed by atoms with Crippen molar-refractivity contribution in [2.75, 3.05) is 0 Å². The molecule has 2 rings (SSSR count). The van der Waals surface area contributed by atoms with Gasteiger partial charge >= 0.3 is 0 Å². The van der Waals surface area contributed by atoms with Crippen LogP contribution in [-0.2, 0) is 7.05 Å². The Morgan fingerprint density at radius 1 is 1.31 bits per heavy atom. The number of hydrogen-bond acceptors (Lipinski definition) is 3. The average molecular weight is 208 g/mol. The first-order valence-corrected chi connectivity index (χ1v) is 5.05. The highest BCUT2D eigenvalue weighted by molar-refractivity contribution is 7.73. The zero-order valence-corrected chi connectivity index (χ0v) is 8.73.